The van der Waals surface area contributed by atoms with Crippen LogP contribution in [0.4, 0.5) is 23.2 Å². The van der Waals surface area contributed by atoms with Gasteiger partial charge in [-0.1, -0.05) is 19.1 Å². The number of benzene rings is 2. The molecule has 0 bridgehead atoms. The van der Waals surface area contributed by atoms with E-state index in [1.807, 2.05) is 0 Å². The number of anilines is 1. The molecule has 0 spiro atoms. The maximum absolute atomic E-state index is 14.9. The fourth-order valence-electron chi connectivity index (χ4n) is 4.61. The molecule has 0 fully saturated rings. The molecule has 3 aromatic rings. The first-order chi connectivity index (χ1) is 17.6. The minimum Gasteiger partial charge on any atom is -0.264 e. The van der Waals surface area contributed by atoms with E-state index in [1.54, 1.807) is 6.92 Å². The number of nitrogens with zero attached hydrogens (tertiary/aromatic N) is 3. The molecule has 3 rings (SSSR count). The molecule has 0 amide bonds. The van der Waals surface area contributed by atoms with Crippen molar-refractivity contribution in [2.75, 3.05) is 22.5 Å². The zero-order chi connectivity index (χ0) is 29.8. The van der Waals surface area contributed by atoms with Gasteiger partial charge < -0.3 is 0 Å². The van der Waals surface area contributed by atoms with Gasteiger partial charge in [-0.25, -0.2) is 21.2 Å². The van der Waals surface area contributed by atoms with Gasteiger partial charge in [-0.15, -0.1) is 0 Å². The Morgan fingerprint density at radius 1 is 0.949 bits per heavy atom. The Hall–Kier alpha value is -2.76. The summed E-state index contributed by atoms with van der Waals surface area (Å²) < 4.78 is 135. The summed E-state index contributed by atoms with van der Waals surface area (Å²) in [6.07, 6.45) is -3.03. The van der Waals surface area contributed by atoms with Crippen LogP contribution in [0, 0.1) is 5.82 Å². The summed E-state index contributed by atoms with van der Waals surface area (Å²) in [5.41, 5.74) is -3.33. The quantitative estimate of drug-likeness (QED) is 0.264. The Morgan fingerprint density at radius 3 is 1.90 bits per heavy atom. The molecule has 17 heteroatoms. The molecular weight excluding hydrogens is 590 g/mol. The van der Waals surface area contributed by atoms with Crippen LogP contribution in [-0.2, 0) is 46.1 Å². The van der Waals surface area contributed by atoms with Gasteiger partial charge in [0.25, 0.3) is 10.1 Å². The van der Waals surface area contributed by atoms with E-state index in [2.05, 4.69) is 5.10 Å². The summed E-state index contributed by atoms with van der Waals surface area (Å²) >= 11 is 0. The molecule has 2 atom stereocenters. The normalized spacial score (nSPS) is 15.7. The van der Waals surface area contributed by atoms with Crippen LogP contribution in [0.25, 0.3) is 10.9 Å². The van der Waals surface area contributed by atoms with Gasteiger partial charge in [0.1, 0.15) is 17.5 Å². The molecular formula is C22H25F4N3O7S3. The SMILES string of the molecule is CCC(c1ccc(C(F)(F)F)cc1)(C(C)OS(C)(=O)=O)n1ncc2c(N(S(C)(=O)=O)S(C)(=O)=O)cc(F)cc21. The van der Waals surface area contributed by atoms with Gasteiger partial charge in [-0.05, 0) is 37.1 Å². The molecule has 0 saturated heterocycles. The Labute approximate surface area is 223 Å². The van der Waals surface area contributed by atoms with E-state index in [9.17, 15) is 42.8 Å². The molecule has 0 aliphatic heterocycles. The highest BCUT2D eigenvalue weighted by Gasteiger charge is 2.44. The van der Waals surface area contributed by atoms with E-state index >= 15 is 0 Å². The van der Waals surface area contributed by atoms with Gasteiger partial charge >= 0.3 is 6.18 Å². The molecule has 2 unspecified atom stereocenters. The third-order valence-corrected chi connectivity index (χ3v) is 9.91. The van der Waals surface area contributed by atoms with Crippen LogP contribution in [0.15, 0.2) is 42.6 Å². The molecule has 39 heavy (non-hydrogen) atoms. The van der Waals surface area contributed by atoms with Crippen molar-refractivity contribution >= 4 is 46.8 Å². The Bertz CT molecular complexity index is 1690. The molecule has 2 aromatic carbocycles. The van der Waals surface area contributed by atoms with E-state index in [4.69, 9.17) is 4.18 Å². The number of rotatable bonds is 9. The minimum absolute atomic E-state index is 0.0274. The van der Waals surface area contributed by atoms with Crippen LogP contribution in [0.5, 0.6) is 0 Å². The predicted octanol–water partition coefficient (Wildman–Crippen LogP) is 3.44. The predicted molar refractivity (Wildman–Crippen MR) is 136 cm³/mol. The summed E-state index contributed by atoms with van der Waals surface area (Å²) in [6.45, 7) is 2.89. The van der Waals surface area contributed by atoms with Gasteiger partial charge in [-0.2, -0.15) is 30.4 Å². The minimum atomic E-state index is -4.67. The topological polar surface area (TPSA) is 133 Å². The molecule has 216 valence electrons. The van der Waals surface area contributed by atoms with Crippen LogP contribution in [0.2, 0.25) is 0 Å². The summed E-state index contributed by atoms with van der Waals surface area (Å²) in [5.74, 6) is -1.06. The average molecular weight is 616 g/mol. The second-order valence-corrected chi connectivity index (χ2v) is 14.4. The highest BCUT2D eigenvalue weighted by molar-refractivity contribution is 8.09. The molecule has 10 nitrogen and oxygen atoms in total. The lowest BCUT2D eigenvalue weighted by Gasteiger charge is -2.39. The third kappa shape index (κ3) is 6.05. The van der Waals surface area contributed by atoms with Crippen molar-refractivity contribution in [3.8, 4) is 0 Å². The number of hydrogen-bond donors (Lipinski definition) is 0. The Morgan fingerprint density at radius 2 is 1.46 bits per heavy atom. The van der Waals surface area contributed by atoms with Crippen LogP contribution in [0.1, 0.15) is 31.4 Å². The van der Waals surface area contributed by atoms with Crippen molar-refractivity contribution in [2.24, 2.45) is 0 Å². The van der Waals surface area contributed by atoms with E-state index in [0.717, 1.165) is 47.5 Å². The second kappa shape index (κ2) is 10.0. The summed E-state index contributed by atoms with van der Waals surface area (Å²) in [6, 6.07) is 5.34. The number of fused-ring (bicyclic) bond motifs is 1. The van der Waals surface area contributed by atoms with Gasteiger partial charge in [0.15, 0.2) is 0 Å². The fraction of sp³-hybridized carbons (Fsp3) is 0.409. The largest absolute Gasteiger partial charge is 0.416 e. The van der Waals surface area contributed by atoms with Crippen molar-refractivity contribution in [3.63, 3.8) is 0 Å². The standard InChI is InChI=1S/C22H25F4N3O7S3/c1-6-21(14(2)36-39(5,34)35,15-7-9-16(10-8-15)22(24,25)26)28-19-11-17(23)12-20(18(19)13-27-28)29(37(3,30)31)38(4,32)33/h7-14H,6H2,1-5H3. The molecule has 0 aliphatic rings. The number of alkyl halides is 3. The number of sulfonamides is 2. The number of aromatic nitrogens is 2. The monoisotopic (exact) mass is 615 g/mol. The van der Waals surface area contributed by atoms with E-state index in [0.29, 0.717) is 18.6 Å². The molecule has 1 aromatic heterocycles. The highest BCUT2D eigenvalue weighted by atomic mass is 32.3. The number of hydrogen-bond acceptors (Lipinski definition) is 8. The van der Waals surface area contributed by atoms with Crippen LogP contribution in [-0.4, -0.2) is 59.9 Å². The van der Waals surface area contributed by atoms with Gasteiger partial charge in [0, 0.05) is 11.5 Å². The summed E-state index contributed by atoms with van der Waals surface area (Å²) in [5, 5.41) is 4.07. The smallest absolute Gasteiger partial charge is 0.264 e. The molecule has 1 heterocycles. The second-order valence-electron chi connectivity index (χ2n) is 8.93. The first-order valence-electron chi connectivity index (χ1n) is 11.1. The van der Waals surface area contributed by atoms with E-state index in [1.165, 1.54) is 6.92 Å². The maximum Gasteiger partial charge on any atom is 0.416 e. The maximum atomic E-state index is 14.9. The van der Waals surface area contributed by atoms with Crippen molar-refractivity contribution in [3.05, 3.63) is 59.5 Å². The van der Waals surface area contributed by atoms with Gasteiger partial charge in [0.05, 0.1) is 41.7 Å². The summed E-state index contributed by atoms with van der Waals surface area (Å²) in [4.78, 5) is 0. The fourth-order valence-corrected chi connectivity index (χ4v) is 8.27. The lowest BCUT2D eigenvalue weighted by atomic mass is 9.82. The Balaban J connectivity index is 2.45. The van der Waals surface area contributed by atoms with Crippen molar-refractivity contribution in [2.45, 2.75) is 38.1 Å². The van der Waals surface area contributed by atoms with Crippen LogP contribution < -0.4 is 3.71 Å². The van der Waals surface area contributed by atoms with Gasteiger partial charge in [0.2, 0.25) is 20.0 Å². The molecule has 0 saturated carbocycles. The summed E-state index contributed by atoms with van der Waals surface area (Å²) in [7, 11) is -13.1. The van der Waals surface area contributed by atoms with Crippen LogP contribution >= 0.6 is 0 Å². The van der Waals surface area contributed by atoms with E-state index < -0.39 is 65.1 Å². The molecule has 0 radical (unpaired) electrons. The zero-order valence-corrected chi connectivity index (χ0v) is 23.7. The van der Waals surface area contributed by atoms with Crippen molar-refractivity contribution in [1.82, 2.24) is 9.78 Å². The molecule has 0 aliphatic carbocycles. The lowest BCUT2D eigenvalue weighted by molar-refractivity contribution is -0.137. The Kier molecular flexibility index (Phi) is 7.90. The zero-order valence-electron chi connectivity index (χ0n) is 21.3. The van der Waals surface area contributed by atoms with E-state index in [-0.39, 0.29) is 26.6 Å². The first kappa shape index (κ1) is 30.8. The van der Waals surface area contributed by atoms with Gasteiger partial charge in [-0.3, -0.25) is 8.86 Å². The number of halogens is 4. The van der Waals surface area contributed by atoms with Crippen LogP contribution in [0.3, 0.4) is 0 Å². The lowest BCUT2D eigenvalue weighted by Crippen LogP contribution is -2.47. The first-order valence-corrected chi connectivity index (χ1v) is 16.6. The average Bonchev–Trinajstić information content (AvgIpc) is 3.15. The van der Waals surface area contributed by atoms with Crippen molar-refractivity contribution in [1.29, 1.82) is 0 Å². The molecule has 0 N–H and O–H groups in total. The third-order valence-electron chi connectivity index (χ3n) is 6.05. The highest BCUT2D eigenvalue weighted by Crippen LogP contribution is 2.41. The van der Waals surface area contributed by atoms with Crippen molar-refractivity contribution < 1.29 is 47.0 Å².